The van der Waals surface area contributed by atoms with Crippen molar-refractivity contribution in [1.82, 2.24) is 0 Å². The minimum atomic E-state index is 0.569. The molecular weight excluding hydrogens is 272 g/mol. The summed E-state index contributed by atoms with van der Waals surface area (Å²) in [4.78, 5) is 0. The van der Waals surface area contributed by atoms with Crippen molar-refractivity contribution < 1.29 is 9.47 Å². The molecule has 2 nitrogen and oxygen atoms in total. The lowest BCUT2D eigenvalue weighted by Crippen LogP contribution is -1.97. The fraction of sp³-hybridized carbons (Fsp3) is 0.400. The van der Waals surface area contributed by atoms with Crippen molar-refractivity contribution in [3.05, 3.63) is 53.1 Å². The predicted octanol–water partition coefficient (Wildman–Crippen LogP) is 5.80. The van der Waals surface area contributed by atoms with Crippen molar-refractivity contribution in [2.24, 2.45) is 0 Å². The lowest BCUT2D eigenvalue weighted by molar-refractivity contribution is 0.325. The minimum absolute atomic E-state index is 0.569. The third-order valence-electron chi connectivity index (χ3n) is 3.31. The van der Waals surface area contributed by atoms with Crippen LogP contribution >= 0.6 is 0 Å². The van der Waals surface area contributed by atoms with Gasteiger partial charge in [0.05, 0.1) is 7.11 Å². The normalized spacial score (nSPS) is 11.6. The maximum atomic E-state index is 5.82. The second-order valence-corrected chi connectivity index (χ2v) is 5.59. The summed E-state index contributed by atoms with van der Waals surface area (Å²) in [6.45, 7) is 8.98. The molecule has 0 aliphatic rings. The highest BCUT2D eigenvalue weighted by Crippen LogP contribution is 2.28. The van der Waals surface area contributed by atoms with Gasteiger partial charge in [-0.3, -0.25) is 0 Å². The molecule has 1 aromatic rings. The van der Waals surface area contributed by atoms with E-state index < -0.39 is 0 Å². The van der Waals surface area contributed by atoms with Crippen LogP contribution in [0.25, 0.3) is 6.08 Å². The smallest absolute Gasteiger partial charge is 0.161 e. The zero-order valence-electron chi connectivity index (χ0n) is 14.5. The fourth-order valence-electron chi connectivity index (χ4n) is 2.06. The molecule has 0 unspecified atom stereocenters. The molecule has 0 N–H and O–H groups in total. The summed E-state index contributed by atoms with van der Waals surface area (Å²) in [5.41, 5.74) is 3.83. The first-order valence-electron chi connectivity index (χ1n) is 7.79. The van der Waals surface area contributed by atoms with E-state index >= 15 is 0 Å². The van der Waals surface area contributed by atoms with Gasteiger partial charge >= 0.3 is 0 Å². The van der Waals surface area contributed by atoms with Crippen LogP contribution in [0.15, 0.2) is 47.6 Å². The van der Waals surface area contributed by atoms with Gasteiger partial charge in [-0.15, -0.1) is 0 Å². The largest absolute Gasteiger partial charge is 0.493 e. The van der Waals surface area contributed by atoms with E-state index in [1.54, 1.807) is 7.11 Å². The summed E-state index contributed by atoms with van der Waals surface area (Å²) >= 11 is 0. The maximum Gasteiger partial charge on any atom is 0.161 e. The van der Waals surface area contributed by atoms with E-state index in [1.807, 2.05) is 37.3 Å². The Hall–Kier alpha value is -1.96. The second-order valence-electron chi connectivity index (χ2n) is 5.59. The molecule has 0 amide bonds. The van der Waals surface area contributed by atoms with Crippen LogP contribution in [0.1, 0.15) is 46.1 Å². The lowest BCUT2D eigenvalue weighted by Gasteiger charge is -2.10. The Labute approximate surface area is 135 Å². The van der Waals surface area contributed by atoms with Gasteiger partial charge in [-0.05, 0) is 64.3 Å². The molecule has 0 bridgehead atoms. The highest BCUT2D eigenvalue weighted by molar-refractivity contribution is 5.55. The zero-order chi connectivity index (χ0) is 16.4. The van der Waals surface area contributed by atoms with Crippen LogP contribution in [0.5, 0.6) is 11.5 Å². The van der Waals surface area contributed by atoms with Gasteiger partial charge in [0.15, 0.2) is 11.5 Å². The average Bonchev–Trinajstić information content (AvgIpc) is 2.48. The van der Waals surface area contributed by atoms with Crippen molar-refractivity contribution in [2.45, 2.75) is 40.5 Å². The van der Waals surface area contributed by atoms with E-state index in [4.69, 9.17) is 9.47 Å². The van der Waals surface area contributed by atoms with Crippen molar-refractivity contribution in [3.8, 4) is 11.5 Å². The van der Waals surface area contributed by atoms with Crippen molar-refractivity contribution in [2.75, 3.05) is 13.7 Å². The van der Waals surface area contributed by atoms with Gasteiger partial charge in [-0.2, -0.15) is 0 Å². The lowest BCUT2D eigenvalue weighted by atomic mass is 10.1. The summed E-state index contributed by atoms with van der Waals surface area (Å²) in [6.07, 6.45) is 10.6. The van der Waals surface area contributed by atoms with Gasteiger partial charge in [0.1, 0.15) is 6.61 Å². The molecular formula is C20H28O2. The van der Waals surface area contributed by atoms with Gasteiger partial charge < -0.3 is 9.47 Å². The van der Waals surface area contributed by atoms with E-state index in [2.05, 4.69) is 32.9 Å². The molecule has 0 saturated heterocycles. The average molecular weight is 300 g/mol. The number of allylic oxidation sites excluding steroid dienone is 4. The number of hydrogen-bond acceptors (Lipinski definition) is 2. The monoisotopic (exact) mass is 300 g/mol. The molecule has 0 aliphatic carbocycles. The van der Waals surface area contributed by atoms with Gasteiger partial charge in [-0.1, -0.05) is 35.4 Å². The van der Waals surface area contributed by atoms with E-state index in [9.17, 15) is 0 Å². The Bertz CT molecular complexity index is 547. The number of methoxy groups -OCH3 is 1. The summed E-state index contributed by atoms with van der Waals surface area (Å²) in [5.74, 6) is 1.55. The highest BCUT2D eigenvalue weighted by atomic mass is 16.5. The highest BCUT2D eigenvalue weighted by Gasteiger charge is 2.04. The van der Waals surface area contributed by atoms with Crippen molar-refractivity contribution in [3.63, 3.8) is 0 Å². The van der Waals surface area contributed by atoms with Crippen LogP contribution in [0.3, 0.4) is 0 Å². The molecule has 0 spiro atoms. The van der Waals surface area contributed by atoms with E-state index in [1.165, 1.54) is 11.1 Å². The van der Waals surface area contributed by atoms with Crippen LogP contribution < -0.4 is 9.47 Å². The van der Waals surface area contributed by atoms with Crippen LogP contribution in [0, 0.1) is 0 Å². The Morgan fingerprint density at radius 3 is 2.50 bits per heavy atom. The molecule has 1 rings (SSSR count). The summed E-state index contributed by atoms with van der Waals surface area (Å²) in [5, 5.41) is 0. The van der Waals surface area contributed by atoms with Crippen molar-refractivity contribution >= 4 is 6.08 Å². The molecule has 0 aliphatic heterocycles. The molecule has 0 saturated carbocycles. The summed E-state index contributed by atoms with van der Waals surface area (Å²) in [7, 11) is 1.67. The molecule has 0 radical (unpaired) electrons. The maximum absolute atomic E-state index is 5.82. The number of rotatable bonds is 8. The first-order chi connectivity index (χ1) is 10.6. The van der Waals surface area contributed by atoms with Gasteiger partial charge in [0, 0.05) is 0 Å². The van der Waals surface area contributed by atoms with E-state index in [0.717, 1.165) is 29.9 Å². The summed E-state index contributed by atoms with van der Waals surface area (Å²) in [6, 6.07) is 5.98. The van der Waals surface area contributed by atoms with E-state index in [0.29, 0.717) is 6.61 Å². The molecule has 0 aromatic heterocycles. The molecule has 120 valence electrons. The number of ether oxygens (including phenoxy) is 2. The second kappa shape index (κ2) is 9.88. The van der Waals surface area contributed by atoms with Gasteiger partial charge in [0.25, 0.3) is 0 Å². The van der Waals surface area contributed by atoms with Crippen molar-refractivity contribution in [1.29, 1.82) is 0 Å². The van der Waals surface area contributed by atoms with Crippen LogP contribution in [0.2, 0.25) is 0 Å². The number of hydrogen-bond donors (Lipinski definition) is 0. The predicted molar refractivity (Wildman–Crippen MR) is 95.6 cm³/mol. The Kier molecular flexibility index (Phi) is 8.13. The molecule has 1 aromatic carbocycles. The molecule has 0 atom stereocenters. The topological polar surface area (TPSA) is 18.5 Å². The standard InChI is InChI=1S/C20H28O2/c1-6-8-18-11-12-19(20(15-18)21-5)22-14-13-17(4)10-7-9-16(2)3/h6,8-9,11-13,15H,7,10,14H2,1-5H3/b8-6+,17-13+. The van der Waals surface area contributed by atoms with E-state index in [-0.39, 0.29) is 0 Å². The Balaban J connectivity index is 2.58. The van der Waals surface area contributed by atoms with Gasteiger partial charge in [-0.25, -0.2) is 0 Å². The number of benzene rings is 1. The molecule has 2 heteroatoms. The zero-order valence-corrected chi connectivity index (χ0v) is 14.5. The molecule has 0 fully saturated rings. The first-order valence-corrected chi connectivity index (χ1v) is 7.79. The SMILES string of the molecule is C/C=C/c1ccc(OC/C=C(\C)CCC=C(C)C)c(OC)c1. The third kappa shape index (κ3) is 6.66. The fourth-order valence-corrected chi connectivity index (χ4v) is 2.06. The minimum Gasteiger partial charge on any atom is -0.493 e. The van der Waals surface area contributed by atoms with Gasteiger partial charge in [0.2, 0.25) is 0 Å². The Morgan fingerprint density at radius 1 is 1.09 bits per heavy atom. The first kappa shape index (κ1) is 18.1. The summed E-state index contributed by atoms with van der Waals surface area (Å²) < 4.78 is 11.2. The molecule has 22 heavy (non-hydrogen) atoms. The third-order valence-corrected chi connectivity index (χ3v) is 3.31. The van der Waals surface area contributed by atoms with Crippen LogP contribution in [-0.2, 0) is 0 Å². The Morgan fingerprint density at radius 2 is 1.86 bits per heavy atom. The quantitative estimate of drug-likeness (QED) is 0.565. The molecule has 0 heterocycles. The van der Waals surface area contributed by atoms with Crippen LogP contribution in [-0.4, -0.2) is 13.7 Å². The van der Waals surface area contributed by atoms with Crippen LogP contribution in [0.4, 0.5) is 0 Å².